The van der Waals surface area contributed by atoms with Gasteiger partial charge in [-0.05, 0) is 50.6 Å². The third-order valence-electron chi connectivity index (χ3n) is 1.97. The molecule has 0 unspecified atom stereocenters. The van der Waals surface area contributed by atoms with E-state index >= 15 is 0 Å². The molecule has 0 aliphatic heterocycles. The van der Waals surface area contributed by atoms with Gasteiger partial charge in [-0.1, -0.05) is 0 Å². The Morgan fingerprint density at radius 3 is 2.85 bits per heavy atom. The van der Waals surface area contributed by atoms with Crippen molar-refractivity contribution in [2.24, 2.45) is 5.92 Å². The van der Waals surface area contributed by atoms with Crippen molar-refractivity contribution < 1.29 is 4.74 Å². The van der Waals surface area contributed by atoms with Crippen LogP contribution in [0, 0.1) is 5.92 Å². The Morgan fingerprint density at radius 2 is 2.31 bits per heavy atom. The van der Waals surface area contributed by atoms with Crippen molar-refractivity contribution in [2.45, 2.75) is 19.6 Å². The lowest BCUT2D eigenvalue weighted by molar-refractivity contribution is 0.0595. The quantitative estimate of drug-likeness (QED) is 0.855. The highest BCUT2D eigenvalue weighted by atomic mass is 79.9. The van der Waals surface area contributed by atoms with Gasteiger partial charge in [-0.3, -0.25) is 0 Å². The molecule has 2 rings (SSSR count). The van der Waals surface area contributed by atoms with Crippen LogP contribution in [0.25, 0.3) is 0 Å². The highest BCUT2D eigenvalue weighted by Crippen LogP contribution is 2.29. The summed E-state index contributed by atoms with van der Waals surface area (Å²) in [7, 11) is 0. The Bertz CT molecular complexity index is 296. The number of ether oxygens (including phenoxy) is 1. The summed E-state index contributed by atoms with van der Waals surface area (Å²) in [5.41, 5.74) is 0. The smallest absolute Gasteiger partial charge is 0.140 e. The SMILES string of the molecule is Brc1cc(Br)n(COCC2CC2)n1. The summed E-state index contributed by atoms with van der Waals surface area (Å²) in [6.45, 7) is 1.40. The Kier molecular flexibility index (Phi) is 3.06. The van der Waals surface area contributed by atoms with Crippen LogP contribution >= 0.6 is 31.9 Å². The van der Waals surface area contributed by atoms with Crippen molar-refractivity contribution in [3.8, 4) is 0 Å². The topological polar surface area (TPSA) is 27.1 Å². The Labute approximate surface area is 93.7 Å². The molecule has 0 radical (unpaired) electrons. The molecule has 1 aromatic heterocycles. The molecule has 0 bridgehead atoms. The highest BCUT2D eigenvalue weighted by molar-refractivity contribution is 9.11. The maximum Gasteiger partial charge on any atom is 0.140 e. The minimum absolute atomic E-state index is 0.530. The first-order valence-electron chi connectivity index (χ1n) is 4.22. The minimum atomic E-state index is 0.530. The van der Waals surface area contributed by atoms with Gasteiger partial charge in [0.05, 0.1) is 6.61 Å². The zero-order valence-corrected chi connectivity index (χ0v) is 10.2. The lowest BCUT2D eigenvalue weighted by atomic mass is 10.5. The Hall–Kier alpha value is 0.130. The second-order valence-corrected chi connectivity index (χ2v) is 4.86. The first kappa shape index (κ1) is 9.68. The molecule has 1 aliphatic rings. The summed E-state index contributed by atoms with van der Waals surface area (Å²) in [6, 6.07) is 1.90. The predicted molar refractivity (Wildman–Crippen MR) is 56.3 cm³/mol. The van der Waals surface area contributed by atoms with Gasteiger partial charge in [0.15, 0.2) is 0 Å². The van der Waals surface area contributed by atoms with Crippen molar-refractivity contribution in [1.82, 2.24) is 9.78 Å². The van der Waals surface area contributed by atoms with Gasteiger partial charge in [0.2, 0.25) is 0 Å². The van der Waals surface area contributed by atoms with Gasteiger partial charge in [-0.15, -0.1) is 0 Å². The number of aromatic nitrogens is 2. The minimum Gasteiger partial charge on any atom is -0.359 e. The summed E-state index contributed by atoms with van der Waals surface area (Å²) in [4.78, 5) is 0. The summed E-state index contributed by atoms with van der Waals surface area (Å²) >= 11 is 6.69. The second-order valence-electron chi connectivity index (χ2n) is 3.23. The van der Waals surface area contributed by atoms with Crippen LogP contribution in [-0.4, -0.2) is 16.4 Å². The van der Waals surface area contributed by atoms with Crippen LogP contribution in [0.4, 0.5) is 0 Å². The van der Waals surface area contributed by atoms with Gasteiger partial charge >= 0.3 is 0 Å². The van der Waals surface area contributed by atoms with Crippen molar-refractivity contribution >= 4 is 31.9 Å². The second kappa shape index (κ2) is 4.11. The Morgan fingerprint density at radius 1 is 1.54 bits per heavy atom. The van der Waals surface area contributed by atoms with Crippen LogP contribution in [0.5, 0.6) is 0 Å². The van der Waals surface area contributed by atoms with E-state index in [1.807, 2.05) is 6.07 Å². The van der Waals surface area contributed by atoms with E-state index in [0.29, 0.717) is 6.73 Å². The van der Waals surface area contributed by atoms with Gasteiger partial charge in [0, 0.05) is 6.07 Å². The molecule has 3 nitrogen and oxygen atoms in total. The maximum atomic E-state index is 5.49. The average molecular weight is 310 g/mol. The molecule has 1 fully saturated rings. The summed E-state index contributed by atoms with van der Waals surface area (Å²) in [5.74, 6) is 0.803. The molecule has 1 heterocycles. The molecule has 0 spiro atoms. The number of hydrogen-bond donors (Lipinski definition) is 0. The first-order valence-corrected chi connectivity index (χ1v) is 5.81. The third kappa shape index (κ3) is 2.79. The molecule has 72 valence electrons. The van der Waals surface area contributed by atoms with Crippen LogP contribution in [0.2, 0.25) is 0 Å². The summed E-state index contributed by atoms with van der Waals surface area (Å²) in [5, 5.41) is 4.19. The van der Waals surface area contributed by atoms with E-state index in [1.165, 1.54) is 12.8 Å². The standard InChI is InChI=1S/C8H10Br2N2O/c9-7-3-8(10)12(11-7)5-13-4-6-1-2-6/h3,6H,1-2,4-5H2. The van der Waals surface area contributed by atoms with Crippen molar-refractivity contribution in [1.29, 1.82) is 0 Å². The normalized spacial score (nSPS) is 16.5. The molecule has 13 heavy (non-hydrogen) atoms. The maximum absolute atomic E-state index is 5.49. The molecular weight excluding hydrogens is 300 g/mol. The van der Waals surface area contributed by atoms with E-state index in [9.17, 15) is 0 Å². The summed E-state index contributed by atoms with van der Waals surface area (Å²) < 4.78 is 9.04. The van der Waals surface area contributed by atoms with E-state index in [-0.39, 0.29) is 0 Å². The van der Waals surface area contributed by atoms with Crippen LogP contribution in [0.1, 0.15) is 12.8 Å². The van der Waals surface area contributed by atoms with Gasteiger partial charge in [-0.25, -0.2) is 4.68 Å². The first-order chi connectivity index (χ1) is 6.25. The number of nitrogens with zero attached hydrogens (tertiary/aromatic N) is 2. The summed E-state index contributed by atoms with van der Waals surface area (Å²) in [6.07, 6.45) is 2.65. The van der Waals surface area contributed by atoms with E-state index in [1.54, 1.807) is 4.68 Å². The molecule has 0 aromatic carbocycles. The fourth-order valence-electron chi connectivity index (χ4n) is 1.05. The fourth-order valence-corrected chi connectivity index (χ4v) is 2.16. The molecule has 0 N–H and O–H groups in total. The molecule has 1 aromatic rings. The van der Waals surface area contributed by atoms with E-state index < -0.39 is 0 Å². The number of halogens is 2. The van der Waals surface area contributed by atoms with Crippen LogP contribution in [-0.2, 0) is 11.5 Å². The lowest BCUT2D eigenvalue weighted by Crippen LogP contribution is -2.06. The fraction of sp³-hybridized carbons (Fsp3) is 0.625. The largest absolute Gasteiger partial charge is 0.359 e. The number of hydrogen-bond acceptors (Lipinski definition) is 2. The van der Waals surface area contributed by atoms with Crippen LogP contribution in [0.15, 0.2) is 15.3 Å². The molecule has 0 amide bonds. The molecular formula is C8H10Br2N2O. The monoisotopic (exact) mass is 308 g/mol. The average Bonchev–Trinajstić information content (AvgIpc) is 2.81. The number of rotatable bonds is 4. The van der Waals surface area contributed by atoms with E-state index in [4.69, 9.17) is 4.74 Å². The molecule has 5 heteroatoms. The Balaban J connectivity index is 1.81. The van der Waals surface area contributed by atoms with Gasteiger partial charge in [-0.2, -0.15) is 5.10 Å². The van der Waals surface area contributed by atoms with Crippen molar-refractivity contribution in [2.75, 3.05) is 6.61 Å². The zero-order valence-electron chi connectivity index (χ0n) is 7.04. The van der Waals surface area contributed by atoms with Gasteiger partial charge in [0.25, 0.3) is 0 Å². The third-order valence-corrected chi connectivity index (χ3v) is 2.99. The van der Waals surface area contributed by atoms with Crippen molar-refractivity contribution in [3.05, 3.63) is 15.3 Å². The van der Waals surface area contributed by atoms with Gasteiger partial charge < -0.3 is 4.74 Å². The predicted octanol–water partition coefficient (Wildman–Crippen LogP) is 2.79. The van der Waals surface area contributed by atoms with E-state index in [0.717, 1.165) is 21.7 Å². The zero-order chi connectivity index (χ0) is 9.26. The molecule has 1 saturated carbocycles. The highest BCUT2D eigenvalue weighted by Gasteiger charge is 2.21. The molecule has 0 atom stereocenters. The van der Waals surface area contributed by atoms with Crippen LogP contribution < -0.4 is 0 Å². The lowest BCUT2D eigenvalue weighted by Gasteiger charge is -2.03. The van der Waals surface area contributed by atoms with Crippen molar-refractivity contribution in [3.63, 3.8) is 0 Å². The molecule has 1 aliphatic carbocycles. The molecule has 0 saturated heterocycles. The van der Waals surface area contributed by atoms with E-state index in [2.05, 4.69) is 37.0 Å². The van der Waals surface area contributed by atoms with Crippen LogP contribution in [0.3, 0.4) is 0 Å². The van der Waals surface area contributed by atoms with Gasteiger partial charge in [0.1, 0.15) is 15.9 Å².